The lowest BCUT2D eigenvalue weighted by Gasteiger charge is -2.26. The second-order valence-electron chi connectivity index (χ2n) is 5.19. The molecule has 1 amide bonds. The van der Waals surface area contributed by atoms with Gasteiger partial charge in [-0.3, -0.25) is 4.79 Å². The molecule has 0 spiro atoms. The Hall–Kier alpha value is -1.70. The minimum Gasteiger partial charge on any atom is -0.335 e. The summed E-state index contributed by atoms with van der Waals surface area (Å²) in [5, 5.41) is 5.13. The first kappa shape index (κ1) is 17.7. The second-order valence-corrected chi connectivity index (χ2v) is 7.61. The van der Waals surface area contributed by atoms with E-state index in [1.165, 1.54) is 18.2 Å². The Balaban J connectivity index is 2.36. The highest BCUT2D eigenvalue weighted by atomic mass is 79.9. The summed E-state index contributed by atoms with van der Waals surface area (Å²) >= 11 is 3.29. The molecule has 0 radical (unpaired) electrons. The number of nitrogens with two attached hydrogens (primary N) is 1. The van der Waals surface area contributed by atoms with E-state index in [1.807, 2.05) is 37.3 Å². The van der Waals surface area contributed by atoms with Gasteiger partial charge in [-0.15, -0.1) is 0 Å². The molecule has 0 heterocycles. The molecule has 1 atom stereocenters. The summed E-state index contributed by atoms with van der Waals surface area (Å²) in [5.41, 5.74) is 1.24. The normalized spacial score (nSPS) is 12.7. The third-order valence-electron chi connectivity index (χ3n) is 3.68. The molecular formula is C16H17BrN2O3S. The molecule has 2 rings (SSSR count). The highest BCUT2D eigenvalue weighted by Crippen LogP contribution is 2.25. The minimum absolute atomic E-state index is 0.0928. The van der Waals surface area contributed by atoms with Crippen molar-refractivity contribution in [3.63, 3.8) is 0 Å². The lowest BCUT2D eigenvalue weighted by atomic mass is 10.1. The summed E-state index contributed by atoms with van der Waals surface area (Å²) in [6, 6.07) is 13.6. The Morgan fingerprint density at radius 2 is 1.78 bits per heavy atom. The first-order chi connectivity index (χ1) is 10.7. The first-order valence-electron chi connectivity index (χ1n) is 6.86. The predicted molar refractivity (Wildman–Crippen MR) is 92.5 cm³/mol. The Morgan fingerprint density at radius 1 is 1.17 bits per heavy atom. The molecule has 0 saturated carbocycles. The Labute approximate surface area is 144 Å². The van der Waals surface area contributed by atoms with Gasteiger partial charge in [0, 0.05) is 11.5 Å². The van der Waals surface area contributed by atoms with Crippen LogP contribution >= 0.6 is 15.9 Å². The molecule has 2 aromatic carbocycles. The van der Waals surface area contributed by atoms with Gasteiger partial charge in [0.2, 0.25) is 10.0 Å². The summed E-state index contributed by atoms with van der Waals surface area (Å²) in [6.07, 6.45) is 0. The molecule has 2 aromatic rings. The SMILES string of the molecule is CC(c1ccccc1)N(C)C(=O)c1cc(S(N)(=O)=O)ccc1Br. The van der Waals surface area contributed by atoms with Crippen LogP contribution in [0.1, 0.15) is 28.9 Å². The number of primary sulfonamides is 1. The average molecular weight is 397 g/mol. The highest BCUT2D eigenvalue weighted by molar-refractivity contribution is 9.10. The van der Waals surface area contributed by atoms with Gasteiger partial charge in [0.1, 0.15) is 0 Å². The number of benzene rings is 2. The van der Waals surface area contributed by atoms with Crippen LogP contribution in [-0.4, -0.2) is 26.3 Å². The van der Waals surface area contributed by atoms with Crippen molar-refractivity contribution >= 4 is 31.9 Å². The fourth-order valence-corrected chi connectivity index (χ4v) is 3.12. The molecule has 5 nitrogen and oxygen atoms in total. The van der Waals surface area contributed by atoms with Crippen molar-refractivity contribution < 1.29 is 13.2 Å². The molecule has 0 aromatic heterocycles. The maximum absolute atomic E-state index is 12.7. The molecular weight excluding hydrogens is 380 g/mol. The number of carbonyl (C=O) groups is 1. The van der Waals surface area contributed by atoms with Crippen LogP contribution in [0.25, 0.3) is 0 Å². The number of rotatable bonds is 4. The van der Waals surface area contributed by atoms with Crippen LogP contribution < -0.4 is 5.14 Å². The molecule has 0 aliphatic heterocycles. The van der Waals surface area contributed by atoms with E-state index >= 15 is 0 Å². The number of hydrogen-bond acceptors (Lipinski definition) is 3. The third kappa shape index (κ3) is 3.99. The van der Waals surface area contributed by atoms with Crippen LogP contribution in [-0.2, 0) is 10.0 Å². The molecule has 0 bridgehead atoms. The van der Waals surface area contributed by atoms with Crippen molar-refractivity contribution in [2.24, 2.45) is 5.14 Å². The standard InChI is InChI=1S/C16H17BrN2O3S/c1-11(12-6-4-3-5-7-12)19(2)16(20)14-10-13(23(18,21)22)8-9-15(14)17/h3-11H,1-2H3,(H2,18,21,22). The molecule has 0 aliphatic rings. The zero-order chi connectivity index (χ0) is 17.2. The van der Waals surface area contributed by atoms with Gasteiger partial charge in [-0.1, -0.05) is 30.3 Å². The maximum atomic E-state index is 12.7. The van der Waals surface area contributed by atoms with Crippen molar-refractivity contribution in [1.82, 2.24) is 4.90 Å². The van der Waals surface area contributed by atoms with Crippen molar-refractivity contribution in [2.75, 3.05) is 7.05 Å². The smallest absolute Gasteiger partial charge is 0.255 e. The molecule has 23 heavy (non-hydrogen) atoms. The van der Waals surface area contributed by atoms with E-state index in [0.29, 0.717) is 4.47 Å². The number of amides is 1. The van der Waals surface area contributed by atoms with Crippen LogP contribution in [0.3, 0.4) is 0 Å². The van der Waals surface area contributed by atoms with Gasteiger partial charge in [-0.2, -0.15) is 0 Å². The monoisotopic (exact) mass is 396 g/mol. The topological polar surface area (TPSA) is 80.5 Å². The maximum Gasteiger partial charge on any atom is 0.255 e. The fourth-order valence-electron chi connectivity index (χ4n) is 2.17. The number of hydrogen-bond donors (Lipinski definition) is 1. The quantitative estimate of drug-likeness (QED) is 0.862. The Kier molecular flexibility index (Phi) is 5.23. The van der Waals surface area contributed by atoms with E-state index in [2.05, 4.69) is 15.9 Å². The van der Waals surface area contributed by atoms with Gasteiger partial charge >= 0.3 is 0 Å². The summed E-state index contributed by atoms with van der Waals surface area (Å²) in [5.74, 6) is -0.293. The van der Waals surface area contributed by atoms with Gasteiger partial charge in [0.25, 0.3) is 5.91 Å². The van der Waals surface area contributed by atoms with Gasteiger partial charge in [0.15, 0.2) is 0 Å². The lowest BCUT2D eigenvalue weighted by Crippen LogP contribution is -2.30. The van der Waals surface area contributed by atoms with Crippen molar-refractivity contribution in [1.29, 1.82) is 0 Å². The molecule has 2 N–H and O–H groups in total. The molecule has 0 saturated heterocycles. The fraction of sp³-hybridized carbons (Fsp3) is 0.188. The lowest BCUT2D eigenvalue weighted by molar-refractivity contribution is 0.0741. The zero-order valence-corrected chi connectivity index (χ0v) is 15.1. The Bertz CT molecular complexity index is 822. The van der Waals surface area contributed by atoms with E-state index in [0.717, 1.165) is 5.56 Å². The predicted octanol–water partition coefficient (Wildman–Crippen LogP) is 2.93. The summed E-state index contributed by atoms with van der Waals surface area (Å²) < 4.78 is 23.5. The van der Waals surface area contributed by atoms with Crippen LogP contribution in [0.4, 0.5) is 0 Å². The molecule has 0 aliphatic carbocycles. The molecule has 122 valence electrons. The van der Waals surface area contributed by atoms with Crippen LogP contribution in [0.5, 0.6) is 0 Å². The largest absolute Gasteiger partial charge is 0.335 e. The molecule has 1 unspecified atom stereocenters. The van der Waals surface area contributed by atoms with Gasteiger partial charge in [0.05, 0.1) is 16.5 Å². The zero-order valence-electron chi connectivity index (χ0n) is 12.7. The number of carbonyl (C=O) groups excluding carboxylic acids is 1. The van der Waals surface area contributed by atoms with Gasteiger partial charge in [-0.25, -0.2) is 13.6 Å². The van der Waals surface area contributed by atoms with Gasteiger partial charge in [-0.05, 0) is 46.6 Å². The number of sulfonamides is 1. The van der Waals surface area contributed by atoms with E-state index < -0.39 is 10.0 Å². The van der Waals surface area contributed by atoms with Crippen LogP contribution in [0.15, 0.2) is 57.9 Å². The highest BCUT2D eigenvalue weighted by Gasteiger charge is 2.22. The summed E-state index contributed by atoms with van der Waals surface area (Å²) in [6.45, 7) is 1.91. The van der Waals surface area contributed by atoms with Crippen LogP contribution in [0, 0.1) is 0 Å². The minimum atomic E-state index is -3.87. The first-order valence-corrected chi connectivity index (χ1v) is 9.20. The van der Waals surface area contributed by atoms with E-state index in [4.69, 9.17) is 5.14 Å². The van der Waals surface area contributed by atoms with Gasteiger partial charge < -0.3 is 4.90 Å². The van der Waals surface area contributed by atoms with Crippen molar-refractivity contribution in [2.45, 2.75) is 17.9 Å². The van der Waals surface area contributed by atoms with Crippen molar-refractivity contribution in [3.05, 3.63) is 64.1 Å². The van der Waals surface area contributed by atoms with E-state index in [9.17, 15) is 13.2 Å². The third-order valence-corrected chi connectivity index (χ3v) is 5.28. The van der Waals surface area contributed by atoms with E-state index in [-0.39, 0.29) is 22.4 Å². The Morgan fingerprint density at radius 3 is 2.35 bits per heavy atom. The van der Waals surface area contributed by atoms with E-state index in [1.54, 1.807) is 11.9 Å². The summed E-state index contributed by atoms with van der Waals surface area (Å²) in [7, 11) is -2.19. The average Bonchev–Trinajstić information content (AvgIpc) is 2.53. The number of halogens is 1. The molecule has 7 heteroatoms. The van der Waals surface area contributed by atoms with Crippen molar-refractivity contribution in [3.8, 4) is 0 Å². The molecule has 0 fully saturated rings. The number of nitrogens with zero attached hydrogens (tertiary/aromatic N) is 1. The summed E-state index contributed by atoms with van der Waals surface area (Å²) in [4.78, 5) is 14.2. The van der Waals surface area contributed by atoms with Crippen LogP contribution in [0.2, 0.25) is 0 Å². The second kappa shape index (κ2) is 6.82.